The van der Waals surface area contributed by atoms with Gasteiger partial charge in [0.2, 0.25) is 5.91 Å². The molecule has 2 amide bonds. The van der Waals surface area contributed by atoms with Gasteiger partial charge in [0, 0.05) is 17.9 Å². The first-order valence-corrected chi connectivity index (χ1v) is 10.8. The molecule has 4 aromatic rings. The molecule has 0 saturated carbocycles. The van der Waals surface area contributed by atoms with Gasteiger partial charge < -0.3 is 10.6 Å². The van der Waals surface area contributed by atoms with Gasteiger partial charge >= 0.3 is 0 Å². The van der Waals surface area contributed by atoms with Crippen molar-refractivity contribution >= 4 is 34.6 Å². The molecule has 0 aliphatic heterocycles. The maximum absolute atomic E-state index is 13.3. The van der Waals surface area contributed by atoms with Crippen LogP contribution in [0.3, 0.4) is 0 Å². The van der Waals surface area contributed by atoms with Crippen LogP contribution < -0.4 is 16.2 Å². The second-order valence-electron chi connectivity index (χ2n) is 7.74. The summed E-state index contributed by atoms with van der Waals surface area (Å²) in [4.78, 5) is 38.4. The first-order valence-electron chi connectivity index (χ1n) is 10.4. The number of fused-ring (bicyclic) bond motifs is 1. The van der Waals surface area contributed by atoms with Crippen LogP contribution in [0, 0.1) is 19.7 Å². The maximum atomic E-state index is 13.3. The lowest BCUT2D eigenvalue weighted by molar-refractivity contribution is -0.117. The molecule has 0 aliphatic rings. The van der Waals surface area contributed by atoms with Crippen LogP contribution in [0.5, 0.6) is 0 Å². The summed E-state index contributed by atoms with van der Waals surface area (Å²) in [5, 5.41) is 9.38. The molecule has 34 heavy (non-hydrogen) atoms. The van der Waals surface area contributed by atoms with Gasteiger partial charge in [0.1, 0.15) is 24.2 Å². The summed E-state index contributed by atoms with van der Waals surface area (Å²) in [6.45, 7) is 3.39. The Morgan fingerprint density at radius 3 is 2.56 bits per heavy atom. The number of anilines is 1. The minimum absolute atomic E-state index is 0.133. The minimum atomic E-state index is -0.606. The van der Waals surface area contributed by atoms with E-state index in [9.17, 15) is 18.8 Å². The van der Waals surface area contributed by atoms with Crippen LogP contribution in [-0.2, 0) is 17.9 Å². The van der Waals surface area contributed by atoms with E-state index in [-0.39, 0.29) is 28.7 Å². The van der Waals surface area contributed by atoms with E-state index in [0.717, 1.165) is 16.3 Å². The number of aromatic nitrogens is 3. The van der Waals surface area contributed by atoms with Crippen molar-refractivity contribution in [3.63, 3.8) is 0 Å². The molecule has 8 nitrogen and oxygen atoms in total. The number of hydrogen-bond donors (Lipinski definition) is 2. The molecule has 0 radical (unpaired) electrons. The lowest BCUT2D eigenvalue weighted by Crippen LogP contribution is -2.30. The van der Waals surface area contributed by atoms with Gasteiger partial charge in [-0.1, -0.05) is 41.9 Å². The molecule has 0 bridgehead atoms. The first kappa shape index (κ1) is 23.2. The lowest BCUT2D eigenvalue weighted by atomic mass is 10.1. The van der Waals surface area contributed by atoms with Crippen LogP contribution in [0.2, 0.25) is 5.02 Å². The van der Waals surface area contributed by atoms with E-state index in [0.29, 0.717) is 23.4 Å². The van der Waals surface area contributed by atoms with Gasteiger partial charge in [-0.2, -0.15) is 5.10 Å². The van der Waals surface area contributed by atoms with E-state index in [4.69, 9.17) is 11.6 Å². The third-order valence-electron chi connectivity index (χ3n) is 5.46. The average Bonchev–Trinajstić information content (AvgIpc) is 3.07. The number of rotatable bonds is 6. The molecule has 4 rings (SSSR count). The van der Waals surface area contributed by atoms with Gasteiger partial charge in [-0.3, -0.25) is 18.8 Å². The fraction of sp³-hybridized carbons (Fsp3) is 0.167. The number of carbonyl (C=O) groups is 2. The van der Waals surface area contributed by atoms with Gasteiger partial charge in [-0.25, -0.2) is 9.07 Å². The maximum Gasteiger partial charge on any atom is 0.291 e. The van der Waals surface area contributed by atoms with Gasteiger partial charge in [0.05, 0.1) is 10.6 Å². The van der Waals surface area contributed by atoms with Crippen molar-refractivity contribution in [3.05, 3.63) is 98.4 Å². The van der Waals surface area contributed by atoms with Crippen molar-refractivity contribution in [1.82, 2.24) is 19.5 Å². The van der Waals surface area contributed by atoms with Gasteiger partial charge in [-0.15, -0.1) is 0 Å². The Morgan fingerprint density at radius 2 is 1.85 bits per heavy atom. The molecule has 2 aromatic heterocycles. The number of benzene rings is 2. The SMILES string of the molecule is Cc1c(C(=O)NCc2ccccc2)c(C)n2cnn(CC(=O)Nc3ccc(F)c(Cl)c3)c(=O)c12. The van der Waals surface area contributed by atoms with Crippen LogP contribution >= 0.6 is 11.6 Å². The molecule has 174 valence electrons. The summed E-state index contributed by atoms with van der Waals surface area (Å²) in [5.74, 6) is -1.45. The molecule has 2 heterocycles. The number of nitrogens with zero attached hydrogens (tertiary/aromatic N) is 3. The first-order chi connectivity index (χ1) is 16.3. The predicted molar refractivity (Wildman–Crippen MR) is 127 cm³/mol. The molecule has 10 heteroatoms. The summed E-state index contributed by atoms with van der Waals surface area (Å²) >= 11 is 5.74. The van der Waals surface area contributed by atoms with Crippen molar-refractivity contribution in [1.29, 1.82) is 0 Å². The van der Waals surface area contributed by atoms with Gasteiger partial charge in [0.25, 0.3) is 11.5 Å². The van der Waals surface area contributed by atoms with E-state index < -0.39 is 17.3 Å². The summed E-state index contributed by atoms with van der Waals surface area (Å²) < 4.78 is 15.9. The van der Waals surface area contributed by atoms with Crippen molar-refractivity contribution in [2.45, 2.75) is 26.9 Å². The molecule has 2 aromatic carbocycles. The van der Waals surface area contributed by atoms with E-state index in [2.05, 4.69) is 15.7 Å². The summed E-state index contributed by atoms with van der Waals surface area (Å²) in [5.41, 5.74) is 2.44. The molecule has 0 atom stereocenters. The van der Waals surface area contributed by atoms with Gasteiger partial charge in [-0.05, 0) is 43.2 Å². The third kappa shape index (κ3) is 4.55. The number of carbonyl (C=O) groups excluding carboxylic acids is 2. The zero-order valence-electron chi connectivity index (χ0n) is 18.4. The van der Waals surface area contributed by atoms with E-state index in [1.54, 1.807) is 18.2 Å². The minimum Gasteiger partial charge on any atom is -0.348 e. The number of amides is 2. The standard InChI is InChI=1S/C24H21ClFN5O3/c1-14-21(23(33)27-11-16-6-4-3-5-7-16)15(2)30-13-28-31(24(34)22(14)30)12-20(32)29-17-8-9-19(26)18(25)10-17/h3-10,13H,11-12H2,1-2H3,(H,27,33)(H,29,32). The molecular formula is C24H21ClFN5O3. The molecule has 0 unspecified atom stereocenters. The number of nitrogens with one attached hydrogen (secondary N) is 2. The molecular weight excluding hydrogens is 461 g/mol. The Balaban J connectivity index is 1.57. The summed E-state index contributed by atoms with van der Waals surface area (Å²) in [6, 6.07) is 13.3. The zero-order chi connectivity index (χ0) is 24.4. The van der Waals surface area contributed by atoms with Crippen LogP contribution in [0.15, 0.2) is 59.7 Å². The number of halogens is 2. The lowest BCUT2D eigenvalue weighted by Gasteiger charge is -2.08. The fourth-order valence-electron chi connectivity index (χ4n) is 3.78. The highest BCUT2D eigenvalue weighted by molar-refractivity contribution is 6.31. The van der Waals surface area contributed by atoms with E-state index >= 15 is 0 Å². The van der Waals surface area contributed by atoms with Crippen molar-refractivity contribution < 1.29 is 14.0 Å². The summed E-state index contributed by atoms with van der Waals surface area (Å²) in [6.07, 6.45) is 1.40. The smallest absolute Gasteiger partial charge is 0.291 e. The van der Waals surface area contributed by atoms with Crippen LogP contribution in [0.25, 0.3) is 5.52 Å². The monoisotopic (exact) mass is 481 g/mol. The second-order valence-corrected chi connectivity index (χ2v) is 8.15. The number of hydrogen-bond acceptors (Lipinski definition) is 4. The average molecular weight is 482 g/mol. The van der Waals surface area contributed by atoms with Crippen LogP contribution in [0.1, 0.15) is 27.2 Å². The van der Waals surface area contributed by atoms with Gasteiger partial charge in [0.15, 0.2) is 0 Å². The van der Waals surface area contributed by atoms with E-state index in [1.165, 1.54) is 18.5 Å². The quantitative estimate of drug-likeness (QED) is 0.440. The molecule has 2 N–H and O–H groups in total. The van der Waals surface area contributed by atoms with Crippen LogP contribution in [-0.4, -0.2) is 26.0 Å². The number of aryl methyl sites for hydroxylation is 2. The zero-order valence-corrected chi connectivity index (χ0v) is 19.2. The Bertz CT molecular complexity index is 1460. The van der Waals surface area contributed by atoms with Crippen molar-refractivity contribution in [3.8, 4) is 0 Å². The van der Waals surface area contributed by atoms with Crippen molar-refractivity contribution in [2.75, 3.05) is 5.32 Å². The Hall–Kier alpha value is -3.98. The topological polar surface area (TPSA) is 97.5 Å². The van der Waals surface area contributed by atoms with Crippen molar-refractivity contribution in [2.24, 2.45) is 0 Å². The highest BCUT2D eigenvalue weighted by Gasteiger charge is 2.22. The largest absolute Gasteiger partial charge is 0.348 e. The third-order valence-corrected chi connectivity index (χ3v) is 5.75. The molecule has 0 aliphatic carbocycles. The Kier molecular flexibility index (Phi) is 6.47. The molecule has 0 spiro atoms. The fourth-order valence-corrected chi connectivity index (χ4v) is 3.96. The molecule has 0 fully saturated rings. The second kappa shape index (κ2) is 9.48. The van der Waals surface area contributed by atoms with E-state index in [1.807, 2.05) is 30.3 Å². The van der Waals surface area contributed by atoms with Crippen LogP contribution in [0.4, 0.5) is 10.1 Å². The molecule has 0 saturated heterocycles. The summed E-state index contributed by atoms with van der Waals surface area (Å²) in [7, 11) is 0. The predicted octanol–water partition coefficient (Wildman–Crippen LogP) is 3.47. The Labute approximate surface area is 199 Å². The highest BCUT2D eigenvalue weighted by Crippen LogP contribution is 2.21. The normalized spacial score (nSPS) is 10.9. The highest BCUT2D eigenvalue weighted by atomic mass is 35.5. The Morgan fingerprint density at radius 1 is 1.12 bits per heavy atom.